The topological polar surface area (TPSA) is 24.9 Å². The lowest BCUT2D eigenvalue weighted by Gasteiger charge is -2.49. The standard InChI is InChI=1S/C24H37NO.C22H33NO/c1-4-25(5-2)15-16-26-19-9-11-20-18(17-19)8-10-22-21(20)12-14-24(3)13-6-7-23(22)24;1-22-11-4-5-21(22)20-8-6-16-15-17(24-14-13-23(2)3)7-9-18(16)19(20)10-12-22/h9,11,17,21-23H,4-8,10,12-16H2,1-3H3;7,9,15,19-21H,4-6,8,10-14H2,1-3H3/t21-,22-,23+,24+;19-,20-,21+,22+/m00/s1. The van der Waals surface area contributed by atoms with Crippen LogP contribution in [0, 0.1) is 34.5 Å². The first-order valence-corrected chi connectivity index (χ1v) is 21.1. The van der Waals surface area contributed by atoms with Gasteiger partial charge in [0, 0.05) is 13.1 Å². The van der Waals surface area contributed by atoms with E-state index in [0.717, 1.165) is 86.4 Å². The molecule has 0 bridgehead atoms. The Morgan fingerprint density at radius 2 is 1.10 bits per heavy atom. The molecule has 8 atom stereocenters. The van der Waals surface area contributed by atoms with Gasteiger partial charge in [-0.1, -0.05) is 52.7 Å². The van der Waals surface area contributed by atoms with Crippen LogP contribution in [-0.2, 0) is 12.8 Å². The molecule has 0 N–H and O–H groups in total. The summed E-state index contributed by atoms with van der Waals surface area (Å²) >= 11 is 0. The molecule has 0 aromatic heterocycles. The molecule has 6 aliphatic rings. The van der Waals surface area contributed by atoms with Crippen molar-refractivity contribution < 1.29 is 9.47 Å². The normalized spacial score (nSPS) is 33.7. The van der Waals surface area contributed by atoms with E-state index in [1.807, 2.05) is 0 Å². The summed E-state index contributed by atoms with van der Waals surface area (Å²) < 4.78 is 12.0. The summed E-state index contributed by atoms with van der Waals surface area (Å²) in [5.41, 5.74) is 7.78. The van der Waals surface area contributed by atoms with Crippen molar-refractivity contribution in [2.45, 2.75) is 129 Å². The van der Waals surface area contributed by atoms with Crippen molar-refractivity contribution in [1.82, 2.24) is 9.80 Å². The Morgan fingerprint density at radius 1 is 0.620 bits per heavy atom. The first kappa shape index (κ1) is 36.3. The first-order valence-electron chi connectivity index (χ1n) is 21.1. The van der Waals surface area contributed by atoms with Gasteiger partial charge >= 0.3 is 0 Å². The van der Waals surface area contributed by atoms with Gasteiger partial charge in [0.25, 0.3) is 0 Å². The number of hydrogen-bond donors (Lipinski definition) is 0. The molecule has 0 amide bonds. The van der Waals surface area contributed by atoms with Gasteiger partial charge < -0.3 is 19.3 Å². The molecule has 6 aliphatic carbocycles. The molecule has 0 aliphatic heterocycles. The number of nitrogens with zero attached hydrogens (tertiary/aromatic N) is 2. The lowest BCUT2D eigenvalue weighted by atomic mass is 9.56. The molecule has 276 valence electrons. The highest BCUT2D eigenvalue weighted by Gasteiger charge is 2.51. The van der Waals surface area contributed by atoms with Crippen molar-refractivity contribution in [3.63, 3.8) is 0 Å². The van der Waals surface area contributed by atoms with Gasteiger partial charge in [0.1, 0.15) is 24.7 Å². The molecule has 2 aromatic carbocycles. The third-order valence-corrected chi connectivity index (χ3v) is 15.3. The molecule has 50 heavy (non-hydrogen) atoms. The molecule has 8 rings (SSSR count). The summed E-state index contributed by atoms with van der Waals surface area (Å²) in [4.78, 5) is 4.59. The second-order valence-corrected chi connectivity index (χ2v) is 18.2. The minimum Gasteiger partial charge on any atom is -0.492 e. The van der Waals surface area contributed by atoms with Crippen LogP contribution < -0.4 is 9.47 Å². The maximum absolute atomic E-state index is 6.09. The van der Waals surface area contributed by atoms with Crippen molar-refractivity contribution in [1.29, 1.82) is 0 Å². The number of ether oxygens (including phenoxy) is 2. The SMILES string of the molecule is CCN(CC)CCOc1ccc2c(c1)CC[C@@H]1[C@H]3CCC[C@]3(C)CC[C@@H]21.CN(C)CCOc1ccc2c(c1)CC[C@@H]1[C@H]3CCC[C@]3(C)CC[C@@H]21. The van der Waals surface area contributed by atoms with Crippen LogP contribution in [0.2, 0.25) is 0 Å². The Labute approximate surface area is 306 Å². The Morgan fingerprint density at radius 3 is 1.56 bits per heavy atom. The summed E-state index contributed by atoms with van der Waals surface area (Å²) in [7, 11) is 4.19. The Hall–Kier alpha value is -2.04. The van der Waals surface area contributed by atoms with E-state index in [1.165, 1.54) is 89.9 Å². The third kappa shape index (κ3) is 7.41. The maximum atomic E-state index is 6.09. The van der Waals surface area contributed by atoms with Gasteiger partial charge in [0.05, 0.1) is 0 Å². The second kappa shape index (κ2) is 15.5. The predicted molar refractivity (Wildman–Crippen MR) is 209 cm³/mol. The van der Waals surface area contributed by atoms with Crippen molar-refractivity contribution in [2.24, 2.45) is 34.5 Å². The number of fused-ring (bicyclic) bond motifs is 10. The lowest BCUT2D eigenvalue weighted by Crippen LogP contribution is -2.39. The van der Waals surface area contributed by atoms with Crippen molar-refractivity contribution in [2.75, 3.05) is 53.5 Å². The highest BCUT2D eigenvalue weighted by atomic mass is 16.5. The van der Waals surface area contributed by atoms with Crippen LogP contribution in [0.5, 0.6) is 11.5 Å². The molecule has 0 heterocycles. The molecular formula is C46H70N2O2. The van der Waals surface area contributed by atoms with Gasteiger partial charge in [-0.05, 0) is 197 Å². The van der Waals surface area contributed by atoms with Gasteiger partial charge in [-0.2, -0.15) is 0 Å². The predicted octanol–water partition coefficient (Wildman–Crippen LogP) is 10.5. The van der Waals surface area contributed by atoms with Gasteiger partial charge in [-0.15, -0.1) is 0 Å². The highest BCUT2D eigenvalue weighted by Crippen LogP contribution is 2.62. The Kier molecular flexibility index (Phi) is 11.3. The van der Waals surface area contributed by atoms with Gasteiger partial charge in [0.2, 0.25) is 0 Å². The first-order chi connectivity index (χ1) is 24.2. The molecule has 0 saturated heterocycles. The monoisotopic (exact) mass is 683 g/mol. The minimum atomic E-state index is 0.659. The molecular weight excluding hydrogens is 613 g/mol. The zero-order valence-electron chi connectivity index (χ0n) is 32.8. The summed E-state index contributed by atoms with van der Waals surface area (Å²) in [6, 6.07) is 14.0. The van der Waals surface area contributed by atoms with E-state index in [2.05, 4.69) is 88.0 Å². The molecule has 0 unspecified atom stereocenters. The summed E-state index contributed by atoms with van der Waals surface area (Å²) in [6.07, 6.45) is 19.9. The van der Waals surface area contributed by atoms with E-state index in [9.17, 15) is 0 Å². The van der Waals surface area contributed by atoms with Gasteiger partial charge in [0.15, 0.2) is 0 Å². The Bertz CT molecular complexity index is 1430. The van der Waals surface area contributed by atoms with Crippen LogP contribution in [0.1, 0.15) is 139 Å². The molecule has 4 nitrogen and oxygen atoms in total. The van der Waals surface area contributed by atoms with E-state index in [1.54, 1.807) is 22.3 Å². The average Bonchev–Trinajstić information content (AvgIpc) is 3.72. The third-order valence-electron chi connectivity index (χ3n) is 15.3. The fourth-order valence-corrected chi connectivity index (χ4v) is 12.5. The summed E-state index contributed by atoms with van der Waals surface area (Å²) in [6.45, 7) is 15.4. The van der Waals surface area contributed by atoms with E-state index >= 15 is 0 Å². The van der Waals surface area contributed by atoms with E-state index in [0.29, 0.717) is 10.8 Å². The maximum Gasteiger partial charge on any atom is 0.119 e. The van der Waals surface area contributed by atoms with Gasteiger partial charge in [-0.3, -0.25) is 0 Å². The number of hydrogen-bond acceptors (Lipinski definition) is 4. The van der Waals surface area contributed by atoms with E-state index < -0.39 is 0 Å². The largest absolute Gasteiger partial charge is 0.492 e. The van der Waals surface area contributed by atoms with E-state index in [4.69, 9.17) is 9.47 Å². The number of likely N-dealkylation sites (N-methyl/N-ethyl adjacent to an activating group) is 2. The molecule has 4 heteroatoms. The Balaban J connectivity index is 0.000000157. The minimum absolute atomic E-state index is 0.659. The fourth-order valence-electron chi connectivity index (χ4n) is 12.5. The van der Waals surface area contributed by atoms with Crippen LogP contribution >= 0.6 is 0 Å². The van der Waals surface area contributed by atoms with E-state index in [-0.39, 0.29) is 0 Å². The number of aryl methyl sites for hydroxylation is 2. The summed E-state index contributed by atoms with van der Waals surface area (Å²) in [5.74, 6) is 7.64. The van der Waals surface area contributed by atoms with Gasteiger partial charge in [-0.25, -0.2) is 0 Å². The molecule has 4 saturated carbocycles. The molecule has 2 aromatic rings. The van der Waals surface area contributed by atoms with Crippen LogP contribution in [0.4, 0.5) is 0 Å². The van der Waals surface area contributed by atoms with Crippen LogP contribution in [0.25, 0.3) is 0 Å². The van der Waals surface area contributed by atoms with Crippen LogP contribution in [-0.4, -0.2) is 63.3 Å². The highest BCUT2D eigenvalue weighted by molar-refractivity contribution is 5.42. The number of benzene rings is 2. The van der Waals surface area contributed by atoms with Crippen molar-refractivity contribution >= 4 is 0 Å². The zero-order valence-corrected chi connectivity index (χ0v) is 32.8. The molecule has 0 spiro atoms. The van der Waals surface area contributed by atoms with Crippen LogP contribution in [0.15, 0.2) is 36.4 Å². The van der Waals surface area contributed by atoms with Crippen LogP contribution in [0.3, 0.4) is 0 Å². The molecule has 4 fully saturated rings. The smallest absolute Gasteiger partial charge is 0.119 e. The average molecular weight is 683 g/mol. The quantitative estimate of drug-likeness (QED) is 0.249. The second-order valence-electron chi connectivity index (χ2n) is 18.2. The summed E-state index contributed by atoms with van der Waals surface area (Å²) in [5, 5.41) is 0. The fraction of sp³-hybridized carbons (Fsp3) is 0.739. The lowest BCUT2D eigenvalue weighted by molar-refractivity contribution is 0.0597. The zero-order chi connectivity index (χ0) is 34.9. The number of rotatable bonds is 10. The molecule has 0 radical (unpaired) electrons. The van der Waals surface area contributed by atoms with Crippen molar-refractivity contribution in [3.8, 4) is 11.5 Å². The van der Waals surface area contributed by atoms with Crippen molar-refractivity contribution in [3.05, 3.63) is 58.7 Å².